The summed E-state index contributed by atoms with van der Waals surface area (Å²) in [5, 5.41) is 11.2. The number of anilines is 2. The lowest BCUT2D eigenvalue weighted by atomic mass is 10.2. The molecule has 0 bridgehead atoms. The molecule has 0 saturated heterocycles. The molecule has 6 heteroatoms. The van der Waals surface area contributed by atoms with Crippen molar-refractivity contribution in [3.8, 4) is 6.07 Å². The summed E-state index contributed by atoms with van der Waals surface area (Å²) in [6.45, 7) is 0. The minimum absolute atomic E-state index is 0.0163. The van der Waals surface area contributed by atoms with Crippen LogP contribution in [0.2, 0.25) is 5.02 Å². The fraction of sp³-hybridized carbons (Fsp3) is 0. The third-order valence-electron chi connectivity index (χ3n) is 2.22. The van der Waals surface area contributed by atoms with E-state index in [0.29, 0.717) is 0 Å². The molecule has 2 rings (SSSR count). The predicted octanol–water partition coefficient (Wildman–Crippen LogP) is 3.63. The fourth-order valence-corrected chi connectivity index (χ4v) is 1.55. The van der Waals surface area contributed by atoms with E-state index in [9.17, 15) is 8.78 Å². The second kappa shape index (κ2) is 4.98. The second-order valence-electron chi connectivity index (χ2n) is 3.35. The SMILES string of the molecule is N#Cc1ccnc(Nc2c(F)cccc2F)c1Cl. The van der Waals surface area contributed by atoms with Crippen molar-refractivity contribution < 1.29 is 8.78 Å². The molecule has 3 nitrogen and oxygen atoms in total. The molecule has 0 aliphatic rings. The summed E-state index contributed by atoms with van der Waals surface area (Å²) < 4.78 is 26.8. The molecule has 0 aliphatic carbocycles. The Kier molecular flexibility index (Phi) is 3.40. The summed E-state index contributed by atoms with van der Waals surface area (Å²) in [4.78, 5) is 3.84. The quantitative estimate of drug-likeness (QED) is 0.902. The van der Waals surface area contributed by atoms with Crippen LogP contribution in [0.1, 0.15) is 5.56 Å². The Morgan fingerprint density at radius 1 is 1.22 bits per heavy atom. The summed E-state index contributed by atoms with van der Waals surface area (Å²) in [6, 6.07) is 6.72. The molecule has 0 saturated carbocycles. The van der Waals surface area contributed by atoms with Gasteiger partial charge < -0.3 is 5.32 Å². The van der Waals surface area contributed by atoms with Crippen LogP contribution in [0.5, 0.6) is 0 Å². The van der Waals surface area contributed by atoms with E-state index in [1.807, 2.05) is 6.07 Å². The lowest BCUT2D eigenvalue weighted by molar-refractivity contribution is 0.590. The largest absolute Gasteiger partial charge is 0.334 e. The molecule has 1 heterocycles. The molecule has 0 fully saturated rings. The zero-order valence-electron chi connectivity index (χ0n) is 8.92. The number of pyridine rings is 1. The second-order valence-corrected chi connectivity index (χ2v) is 3.73. The average molecular weight is 266 g/mol. The molecule has 1 aromatic heterocycles. The lowest BCUT2D eigenvalue weighted by Crippen LogP contribution is -2.00. The van der Waals surface area contributed by atoms with E-state index in [1.165, 1.54) is 18.3 Å². The van der Waals surface area contributed by atoms with Gasteiger partial charge in [-0.15, -0.1) is 0 Å². The van der Waals surface area contributed by atoms with Crippen molar-refractivity contribution in [3.63, 3.8) is 0 Å². The molecule has 0 unspecified atom stereocenters. The first-order valence-corrected chi connectivity index (χ1v) is 5.27. The highest BCUT2D eigenvalue weighted by Gasteiger charge is 2.12. The number of hydrogen-bond acceptors (Lipinski definition) is 3. The van der Waals surface area contributed by atoms with Crippen LogP contribution in [0, 0.1) is 23.0 Å². The van der Waals surface area contributed by atoms with E-state index < -0.39 is 11.6 Å². The molecule has 0 spiro atoms. The average Bonchev–Trinajstić information content (AvgIpc) is 2.36. The minimum atomic E-state index is -0.768. The molecule has 0 amide bonds. The van der Waals surface area contributed by atoms with Gasteiger partial charge in [0.2, 0.25) is 0 Å². The Balaban J connectivity index is 2.44. The van der Waals surface area contributed by atoms with Crippen LogP contribution >= 0.6 is 11.6 Å². The highest BCUT2D eigenvalue weighted by atomic mass is 35.5. The van der Waals surface area contributed by atoms with Crippen molar-refractivity contribution in [1.29, 1.82) is 5.26 Å². The number of halogens is 3. The summed E-state index contributed by atoms with van der Waals surface area (Å²) in [6.07, 6.45) is 1.32. The highest BCUT2D eigenvalue weighted by Crippen LogP contribution is 2.28. The van der Waals surface area contributed by atoms with Gasteiger partial charge in [-0.2, -0.15) is 5.26 Å². The number of nitrogens with zero attached hydrogens (tertiary/aromatic N) is 2. The van der Waals surface area contributed by atoms with Gasteiger partial charge in [0.25, 0.3) is 0 Å². The summed E-state index contributed by atoms with van der Waals surface area (Å²) in [5.41, 5.74) is -0.187. The van der Waals surface area contributed by atoms with Crippen molar-refractivity contribution in [2.45, 2.75) is 0 Å². The fourth-order valence-electron chi connectivity index (χ4n) is 1.35. The first-order chi connectivity index (χ1) is 8.63. The summed E-state index contributed by atoms with van der Waals surface area (Å²) >= 11 is 5.87. The van der Waals surface area contributed by atoms with Gasteiger partial charge in [-0.05, 0) is 18.2 Å². The standard InChI is InChI=1S/C12H6ClF2N3/c13-10-7(6-16)4-5-17-12(10)18-11-8(14)2-1-3-9(11)15/h1-5H,(H,17,18). The Labute approximate surface area is 107 Å². The maximum Gasteiger partial charge on any atom is 0.150 e. The first kappa shape index (κ1) is 12.3. The van der Waals surface area contributed by atoms with Crippen LogP contribution in [0.3, 0.4) is 0 Å². The van der Waals surface area contributed by atoms with E-state index >= 15 is 0 Å². The smallest absolute Gasteiger partial charge is 0.150 e. The molecule has 0 radical (unpaired) electrons. The number of hydrogen-bond donors (Lipinski definition) is 1. The van der Waals surface area contributed by atoms with E-state index in [-0.39, 0.29) is 22.1 Å². The van der Waals surface area contributed by atoms with Crippen LogP contribution in [-0.2, 0) is 0 Å². The zero-order chi connectivity index (χ0) is 13.1. The third-order valence-corrected chi connectivity index (χ3v) is 2.60. The van der Waals surface area contributed by atoms with Crippen LogP contribution in [0.25, 0.3) is 0 Å². The van der Waals surface area contributed by atoms with Crippen LogP contribution in [0.4, 0.5) is 20.3 Å². The topological polar surface area (TPSA) is 48.7 Å². The third kappa shape index (κ3) is 2.24. The van der Waals surface area contributed by atoms with Crippen molar-refractivity contribution in [2.75, 3.05) is 5.32 Å². The monoisotopic (exact) mass is 265 g/mol. The van der Waals surface area contributed by atoms with Crippen LogP contribution in [-0.4, -0.2) is 4.98 Å². The van der Waals surface area contributed by atoms with Gasteiger partial charge in [0.05, 0.1) is 5.56 Å². The van der Waals surface area contributed by atoms with Gasteiger partial charge in [0.1, 0.15) is 28.4 Å². The molecule has 2 aromatic rings. The highest BCUT2D eigenvalue weighted by molar-refractivity contribution is 6.34. The lowest BCUT2D eigenvalue weighted by Gasteiger charge is -2.09. The minimum Gasteiger partial charge on any atom is -0.334 e. The van der Waals surface area contributed by atoms with Gasteiger partial charge in [-0.3, -0.25) is 0 Å². The number of benzene rings is 1. The Morgan fingerprint density at radius 3 is 2.50 bits per heavy atom. The first-order valence-electron chi connectivity index (χ1n) is 4.89. The normalized spacial score (nSPS) is 9.89. The van der Waals surface area contributed by atoms with Crippen LogP contribution < -0.4 is 5.32 Å². The molecular weight excluding hydrogens is 260 g/mol. The molecule has 18 heavy (non-hydrogen) atoms. The number of nitriles is 1. The van der Waals surface area contributed by atoms with Crippen molar-refractivity contribution >= 4 is 23.1 Å². The maximum absolute atomic E-state index is 13.4. The molecule has 0 atom stereocenters. The molecule has 1 N–H and O–H groups in total. The van der Waals surface area contributed by atoms with E-state index in [0.717, 1.165) is 12.1 Å². The summed E-state index contributed by atoms with van der Waals surface area (Å²) in [7, 11) is 0. The van der Waals surface area contributed by atoms with Gasteiger partial charge in [0.15, 0.2) is 5.82 Å². The van der Waals surface area contributed by atoms with E-state index in [1.54, 1.807) is 0 Å². The van der Waals surface area contributed by atoms with Crippen molar-refractivity contribution in [1.82, 2.24) is 4.98 Å². The van der Waals surface area contributed by atoms with Gasteiger partial charge in [-0.25, -0.2) is 13.8 Å². The predicted molar refractivity (Wildman–Crippen MR) is 63.6 cm³/mol. The Morgan fingerprint density at radius 2 is 1.89 bits per heavy atom. The maximum atomic E-state index is 13.4. The molecule has 0 aliphatic heterocycles. The van der Waals surface area contributed by atoms with E-state index in [4.69, 9.17) is 16.9 Å². The van der Waals surface area contributed by atoms with Gasteiger partial charge >= 0.3 is 0 Å². The Hall–Kier alpha value is -2.19. The number of nitrogens with one attached hydrogen (secondary N) is 1. The van der Waals surface area contributed by atoms with Crippen molar-refractivity contribution in [2.24, 2.45) is 0 Å². The number of para-hydroxylation sites is 1. The number of aromatic nitrogens is 1. The molecule has 1 aromatic carbocycles. The number of rotatable bonds is 2. The zero-order valence-corrected chi connectivity index (χ0v) is 9.67. The van der Waals surface area contributed by atoms with Crippen molar-refractivity contribution in [3.05, 3.63) is 52.7 Å². The van der Waals surface area contributed by atoms with E-state index in [2.05, 4.69) is 10.3 Å². The Bertz CT molecular complexity index is 617. The molecule has 90 valence electrons. The van der Waals surface area contributed by atoms with Crippen LogP contribution in [0.15, 0.2) is 30.5 Å². The van der Waals surface area contributed by atoms with Gasteiger partial charge in [0, 0.05) is 6.20 Å². The van der Waals surface area contributed by atoms with Gasteiger partial charge in [-0.1, -0.05) is 17.7 Å². The summed E-state index contributed by atoms with van der Waals surface area (Å²) in [5.74, 6) is -1.51. The molecular formula is C12H6ClF2N3.